The fourth-order valence-electron chi connectivity index (χ4n) is 2.30. The normalized spacial score (nSPS) is 15.6. The van der Waals surface area contributed by atoms with Crippen LogP contribution >= 0.6 is 35.0 Å². The predicted molar refractivity (Wildman–Crippen MR) is 89.9 cm³/mol. The van der Waals surface area contributed by atoms with Crippen LogP contribution in [0.2, 0.25) is 0 Å². The lowest BCUT2D eigenvalue weighted by molar-refractivity contribution is -0.116. The van der Waals surface area contributed by atoms with Crippen molar-refractivity contribution in [1.82, 2.24) is 5.32 Å². The molecule has 0 aromatic heterocycles. The van der Waals surface area contributed by atoms with E-state index in [-0.39, 0.29) is 18.3 Å². The number of piperidine rings is 1. The molecule has 1 fully saturated rings. The van der Waals surface area contributed by atoms with Gasteiger partial charge in [-0.25, -0.2) is 0 Å². The number of rotatable bonds is 4. The molecule has 5 heteroatoms. The second-order valence-electron chi connectivity index (χ2n) is 4.79. The zero-order chi connectivity index (χ0) is 12.8. The number of halogens is 2. The average molecular weight is 395 g/mol. The Morgan fingerprint density at radius 3 is 2.79 bits per heavy atom. The van der Waals surface area contributed by atoms with E-state index in [4.69, 9.17) is 0 Å². The fraction of sp³-hybridized carbons (Fsp3) is 0.500. The van der Waals surface area contributed by atoms with Crippen LogP contribution in [0.4, 0.5) is 5.69 Å². The molecule has 0 unspecified atom stereocenters. The molecular formula is C14H20ClIN2O. The number of anilines is 1. The molecule has 1 aliphatic rings. The first kappa shape index (κ1) is 16.7. The van der Waals surface area contributed by atoms with E-state index in [9.17, 15) is 4.79 Å². The summed E-state index contributed by atoms with van der Waals surface area (Å²) < 4.78 is 1.14. The molecule has 3 nitrogen and oxygen atoms in total. The molecule has 1 amide bonds. The van der Waals surface area contributed by atoms with Crippen molar-refractivity contribution < 1.29 is 4.79 Å². The molecule has 0 bridgehead atoms. The molecule has 1 aromatic carbocycles. The van der Waals surface area contributed by atoms with Crippen LogP contribution in [0, 0.1) is 9.49 Å². The van der Waals surface area contributed by atoms with Gasteiger partial charge in [-0.1, -0.05) is 6.07 Å². The van der Waals surface area contributed by atoms with Gasteiger partial charge in [0, 0.05) is 15.7 Å². The lowest BCUT2D eigenvalue weighted by atomic mass is 9.93. The molecule has 2 rings (SSSR count). The topological polar surface area (TPSA) is 41.1 Å². The number of hydrogen-bond donors (Lipinski definition) is 2. The van der Waals surface area contributed by atoms with Crippen LogP contribution in [0.15, 0.2) is 24.3 Å². The number of carbonyl (C=O) groups is 1. The van der Waals surface area contributed by atoms with Crippen LogP contribution < -0.4 is 10.6 Å². The van der Waals surface area contributed by atoms with Crippen molar-refractivity contribution in [1.29, 1.82) is 0 Å². The summed E-state index contributed by atoms with van der Waals surface area (Å²) in [7, 11) is 0. The minimum atomic E-state index is 0. The maximum Gasteiger partial charge on any atom is 0.224 e. The van der Waals surface area contributed by atoms with Crippen LogP contribution in [0.1, 0.15) is 25.7 Å². The molecule has 0 atom stereocenters. The maximum atomic E-state index is 11.8. The Hall–Kier alpha value is -0.330. The molecule has 1 heterocycles. The van der Waals surface area contributed by atoms with Gasteiger partial charge < -0.3 is 10.6 Å². The van der Waals surface area contributed by atoms with E-state index in [1.165, 1.54) is 12.8 Å². The maximum absolute atomic E-state index is 11.8. The van der Waals surface area contributed by atoms with Gasteiger partial charge in [0.2, 0.25) is 5.91 Å². The van der Waals surface area contributed by atoms with Gasteiger partial charge in [-0.05, 0) is 79.1 Å². The summed E-state index contributed by atoms with van der Waals surface area (Å²) in [5.74, 6) is 0.850. The van der Waals surface area contributed by atoms with E-state index in [1.54, 1.807) is 0 Å². The number of amides is 1. The van der Waals surface area contributed by atoms with Crippen molar-refractivity contribution in [2.24, 2.45) is 5.92 Å². The van der Waals surface area contributed by atoms with Crippen LogP contribution in [0.5, 0.6) is 0 Å². The monoisotopic (exact) mass is 394 g/mol. The summed E-state index contributed by atoms with van der Waals surface area (Å²) >= 11 is 2.25. The highest BCUT2D eigenvalue weighted by Crippen LogP contribution is 2.18. The third-order valence-corrected chi connectivity index (χ3v) is 4.02. The van der Waals surface area contributed by atoms with Gasteiger partial charge in [0.25, 0.3) is 0 Å². The minimum Gasteiger partial charge on any atom is -0.326 e. The smallest absolute Gasteiger partial charge is 0.224 e. The first-order valence-electron chi connectivity index (χ1n) is 6.50. The molecule has 1 saturated heterocycles. The first-order chi connectivity index (χ1) is 8.74. The Morgan fingerprint density at radius 1 is 1.37 bits per heavy atom. The van der Waals surface area contributed by atoms with Gasteiger partial charge in [-0.2, -0.15) is 0 Å². The lowest BCUT2D eigenvalue weighted by Crippen LogP contribution is -2.28. The van der Waals surface area contributed by atoms with Crippen molar-refractivity contribution in [3.63, 3.8) is 0 Å². The molecule has 1 aromatic rings. The molecule has 1 aliphatic heterocycles. The summed E-state index contributed by atoms with van der Waals surface area (Å²) in [5.41, 5.74) is 0.900. The molecule has 19 heavy (non-hydrogen) atoms. The molecule has 0 radical (unpaired) electrons. The van der Waals surface area contributed by atoms with Crippen LogP contribution in [-0.4, -0.2) is 19.0 Å². The number of benzene rings is 1. The third kappa shape index (κ3) is 6.10. The van der Waals surface area contributed by atoms with E-state index in [0.29, 0.717) is 12.3 Å². The Morgan fingerprint density at radius 2 is 2.11 bits per heavy atom. The van der Waals surface area contributed by atoms with Gasteiger partial charge in [0.05, 0.1) is 0 Å². The van der Waals surface area contributed by atoms with Crippen LogP contribution in [-0.2, 0) is 4.79 Å². The standard InChI is InChI=1S/C14H19IN2O.ClH/c15-12-2-1-3-13(10-12)17-14(18)5-4-11-6-8-16-9-7-11;/h1-3,10-11,16H,4-9H2,(H,17,18);1H. The van der Waals surface area contributed by atoms with Gasteiger partial charge in [-0.15, -0.1) is 12.4 Å². The fourth-order valence-corrected chi connectivity index (χ4v) is 2.84. The Bertz CT molecular complexity index is 408. The number of nitrogens with one attached hydrogen (secondary N) is 2. The Labute approximate surface area is 134 Å². The van der Waals surface area contributed by atoms with Crippen molar-refractivity contribution in [3.8, 4) is 0 Å². The van der Waals surface area contributed by atoms with Crippen molar-refractivity contribution in [2.75, 3.05) is 18.4 Å². The summed E-state index contributed by atoms with van der Waals surface area (Å²) in [5, 5.41) is 6.31. The van der Waals surface area contributed by atoms with Crippen LogP contribution in [0.25, 0.3) is 0 Å². The predicted octanol–water partition coefficient (Wildman–Crippen LogP) is 3.43. The van der Waals surface area contributed by atoms with Gasteiger partial charge in [-0.3, -0.25) is 4.79 Å². The van der Waals surface area contributed by atoms with Crippen molar-refractivity contribution >= 4 is 46.6 Å². The highest BCUT2D eigenvalue weighted by Gasteiger charge is 2.14. The highest BCUT2D eigenvalue weighted by atomic mass is 127. The minimum absolute atomic E-state index is 0. The first-order valence-corrected chi connectivity index (χ1v) is 7.58. The number of carbonyl (C=O) groups excluding carboxylic acids is 1. The second-order valence-corrected chi connectivity index (χ2v) is 6.04. The molecular weight excluding hydrogens is 375 g/mol. The Kier molecular flexibility index (Phi) is 7.71. The van der Waals surface area contributed by atoms with E-state index in [1.807, 2.05) is 24.3 Å². The van der Waals surface area contributed by atoms with E-state index in [0.717, 1.165) is 28.8 Å². The third-order valence-electron chi connectivity index (χ3n) is 3.35. The zero-order valence-electron chi connectivity index (χ0n) is 10.8. The van der Waals surface area contributed by atoms with E-state index < -0.39 is 0 Å². The van der Waals surface area contributed by atoms with E-state index >= 15 is 0 Å². The average Bonchev–Trinajstić information content (AvgIpc) is 2.38. The zero-order valence-corrected chi connectivity index (χ0v) is 13.8. The summed E-state index contributed by atoms with van der Waals surface area (Å²) in [4.78, 5) is 11.8. The van der Waals surface area contributed by atoms with Crippen molar-refractivity contribution in [3.05, 3.63) is 27.8 Å². The second kappa shape index (κ2) is 8.76. The van der Waals surface area contributed by atoms with E-state index in [2.05, 4.69) is 33.2 Å². The number of hydrogen-bond acceptors (Lipinski definition) is 2. The molecule has 0 saturated carbocycles. The van der Waals surface area contributed by atoms with Crippen LogP contribution in [0.3, 0.4) is 0 Å². The quantitative estimate of drug-likeness (QED) is 0.768. The summed E-state index contributed by atoms with van der Waals surface area (Å²) in [6, 6.07) is 7.91. The Balaban J connectivity index is 0.00000180. The van der Waals surface area contributed by atoms with Gasteiger partial charge in [0.1, 0.15) is 0 Å². The SMILES string of the molecule is Cl.O=C(CCC1CCNCC1)Nc1cccc(I)c1. The summed E-state index contributed by atoms with van der Waals surface area (Å²) in [6.07, 6.45) is 4.06. The highest BCUT2D eigenvalue weighted by molar-refractivity contribution is 14.1. The van der Waals surface area contributed by atoms with Crippen molar-refractivity contribution in [2.45, 2.75) is 25.7 Å². The largest absolute Gasteiger partial charge is 0.326 e. The molecule has 0 aliphatic carbocycles. The van der Waals surface area contributed by atoms with Gasteiger partial charge in [0.15, 0.2) is 0 Å². The molecule has 2 N–H and O–H groups in total. The molecule has 0 spiro atoms. The lowest BCUT2D eigenvalue weighted by Gasteiger charge is -2.22. The molecule has 106 valence electrons. The summed E-state index contributed by atoms with van der Waals surface area (Å²) in [6.45, 7) is 2.20. The van der Waals surface area contributed by atoms with Gasteiger partial charge >= 0.3 is 0 Å².